The molecule has 1 unspecified atom stereocenters. The number of anilines is 1. The third-order valence-electron chi connectivity index (χ3n) is 3.19. The maximum atomic E-state index is 12.3. The molecular weight excluding hydrogens is 310 g/mol. The SMILES string of the molecule is Cc1nnc(NC(=O)NC(c2ccccc2)c2ccncc2)s1. The van der Waals surface area contributed by atoms with E-state index < -0.39 is 0 Å². The number of nitrogens with one attached hydrogen (secondary N) is 2. The Morgan fingerprint density at radius 2 is 1.74 bits per heavy atom. The van der Waals surface area contributed by atoms with Crippen molar-refractivity contribution in [3.05, 3.63) is 71.0 Å². The van der Waals surface area contributed by atoms with Crippen LogP contribution in [0.5, 0.6) is 0 Å². The molecule has 1 aromatic carbocycles. The van der Waals surface area contributed by atoms with E-state index in [4.69, 9.17) is 0 Å². The van der Waals surface area contributed by atoms with Gasteiger partial charge in [-0.3, -0.25) is 10.3 Å². The second-order valence-corrected chi connectivity index (χ2v) is 6.03. The number of carbonyl (C=O) groups is 1. The van der Waals surface area contributed by atoms with Crippen LogP contribution in [0.3, 0.4) is 0 Å². The molecular formula is C16H15N5OS. The highest BCUT2D eigenvalue weighted by Gasteiger charge is 2.17. The summed E-state index contributed by atoms with van der Waals surface area (Å²) in [5.74, 6) is 0. The number of aromatic nitrogens is 3. The molecule has 2 aromatic heterocycles. The van der Waals surface area contributed by atoms with Gasteiger partial charge in [0, 0.05) is 12.4 Å². The summed E-state index contributed by atoms with van der Waals surface area (Å²) in [6.45, 7) is 1.84. The second kappa shape index (κ2) is 6.97. The van der Waals surface area contributed by atoms with Gasteiger partial charge in [-0.1, -0.05) is 41.7 Å². The first-order valence-corrected chi connectivity index (χ1v) is 7.86. The largest absolute Gasteiger partial charge is 0.327 e. The van der Waals surface area contributed by atoms with Crippen molar-refractivity contribution in [2.24, 2.45) is 0 Å². The van der Waals surface area contributed by atoms with Crippen LogP contribution < -0.4 is 10.6 Å². The zero-order valence-electron chi connectivity index (χ0n) is 12.4. The Hall–Kier alpha value is -2.80. The third-order valence-corrected chi connectivity index (χ3v) is 3.95. The van der Waals surface area contributed by atoms with Crippen LogP contribution in [0.2, 0.25) is 0 Å². The summed E-state index contributed by atoms with van der Waals surface area (Å²) in [5.41, 5.74) is 1.94. The molecule has 6 nitrogen and oxygen atoms in total. The molecule has 0 spiro atoms. The Bertz CT molecular complexity index is 736. The molecule has 0 aliphatic heterocycles. The fourth-order valence-electron chi connectivity index (χ4n) is 2.17. The van der Waals surface area contributed by atoms with Gasteiger partial charge in [0.15, 0.2) is 0 Å². The van der Waals surface area contributed by atoms with Gasteiger partial charge < -0.3 is 5.32 Å². The van der Waals surface area contributed by atoms with Crippen molar-refractivity contribution in [1.29, 1.82) is 0 Å². The molecule has 1 atom stereocenters. The molecule has 3 aromatic rings. The van der Waals surface area contributed by atoms with E-state index in [9.17, 15) is 4.79 Å². The van der Waals surface area contributed by atoms with E-state index in [1.54, 1.807) is 12.4 Å². The van der Waals surface area contributed by atoms with Crippen LogP contribution in [0.25, 0.3) is 0 Å². The first-order chi connectivity index (χ1) is 11.2. The predicted molar refractivity (Wildman–Crippen MR) is 89.3 cm³/mol. The van der Waals surface area contributed by atoms with E-state index in [1.807, 2.05) is 49.4 Å². The fourth-order valence-corrected chi connectivity index (χ4v) is 2.76. The number of aryl methyl sites for hydroxylation is 1. The van der Waals surface area contributed by atoms with Crippen molar-refractivity contribution in [2.45, 2.75) is 13.0 Å². The normalized spacial score (nSPS) is 11.7. The number of urea groups is 1. The summed E-state index contributed by atoms with van der Waals surface area (Å²) in [6, 6.07) is 12.9. The van der Waals surface area contributed by atoms with Gasteiger partial charge in [0.05, 0.1) is 6.04 Å². The van der Waals surface area contributed by atoms with Crippen LogP contribution in [0, 0.1) is 6.92 Å². The van der Waals surface area contributed by atoms with Gasteiger partial charge in [0.25, 0.3) is 0 Å². The first-order valence-electron chi connectivity index (χ1n) is 7.05. The standard InChI is InChI=1S/C16H15N5OS/c1-11-20-21-16(23-11)19-15(22)18-14(12-5-3-2-4-6-12)13-7-9-17-10-8-13/h2-10,14H,1H3,(H2,18,19,21,22). The van der Waals surface area contributed by atoms with Crippen molar-refractivity contribution < 1.29 is 4.79 Å². The van der Waals surface area contributed by atoms with Crippen LogP contribution in [0.1, 0.15) is 22.2 Å². The minimum atomic E-state index is -0.327. The van der Waals surface area contributed by atoms with Crippen LogP contribution >= 0.6 is 11.3 Å². The van der Waals surface area contributed by atoms with E-state index >= 15 is 0 Å². The second-order valence-electron chi connectivity index (χ2n) is 4.85. The molecule has 0 aliphatic rings. The fraction of sp³-hybridized carbons (Fsp3) is 0.125. The molecule has 116 valence electrons. The predicted octanol–water partition coefficient (Wildman–Crippen LogP) is 3.15. The molecule has 0 aliphatic carbocycles. The number of rotatable bonds is 4. The number of carbonyl (C=O) groups excluding carboxylic acids is 1. The molecule has 7 heteroatoms. The monoisotopic (exact) mass is 325 g/mol. The number of benzene rings is 1. The van der Waals surface area contributed by atoms with Crippen molar-refractivity contribution >= 4 is 22.5 Å². The summed E-state index contributed by atoms with van der Waals surface area (Å²) in [5, 5.41) is 14.7. The molecule has 0 radical (unpaired) electrons. The number of nitrogens with zero attached hydrogens (tertiary/aromatic N) is 3. The van der Waals surface area contributed by atoms with Crippen LogP contribution in [0.15, 0.2) is 54.9 Å². The van der Waals surface area contributed by atoms with Crippen LogP contribution in [0.4, 0.5) is 9.93 Å². The van der Waals surface area contributed by atoms with Crippen molar-refractivity contribution in [1.82, 2.24) is 20.5 Å². The maximum Gasteiger partial charge on any atom is 0.321 e. The molecule has 23 heavy (non-hydrogen) atoms. The van der Waals surface area contributed by atoms with Crippen molar-refractivity contribution in [3.63, 3.8) is 0 Å². The Kier molecular flexibility index (Phi) is 4.58. The van der Waals surface area contributed by atoms with Gasteiger partial charge in [-0.25, -0.2) is 4.79 Å². The van der Waals surface area contributed by atoms with Crippen LogP contribution in [-0.2, 0) is 0 Å². The lowest BCUT2D eigenvalue weighted by molar-refractivity contribution is 0.250. The average Bonchev–Trinajstić information content (AvgIpc) is 2.99. The number of pyridine rings is 1. The Morgan fingerprint density at radius 1 is 1.04 bits per heavy atom. The molecule has 2 heterocycles. The molecule has 3 rings (SSSR count). The topological polar surface area (TPSA) is 79.8 Å². The highest BCUT2D eigenvalue weighted by molar-refractivity contribution is 7.15. The summed E-state index contributed by atoms with van der Waals surface area (Å²) in [6.07, 6.45) is 3.41. The third kappa shape index (κ3) is 3.89. The number of amides is 2. The van der Waals surface area contributed by atoms with Crippen molar-refractivity contribution in [3.8, 4) is 0 Å². The average molecular weight is 325 g/mol. The van der Waals surface area contributed by atoms with Crippen molar-refractivity contribution in [2.75, 3.05) is 5.32 Å². The Balaban J connectivity index is 1.80. The minimum Gasteiger partial charge on any atom is -0.327 e. The highest BCUT2D eigenvalue weighted by atomic mass is 32.1. The minimum absolute atomic E-state index is 0.270. The Morgan fingerprint density at radius 3 is 2.39 bits per heavy atom. The van der Waals surface area contributed by atoms with E-state index in [0.29, 0.717) is 5.13 Å². The first kappa shape index (κ1) is 15.1. The molecule has 0 saturated carbocycles. The molecule has 0 bridgehead atoms. The summed E-state index contributed by atoms with van der Waals surface area (Å²) in [4.78, 5) is 16.3. The molecule has 0 fully saturated rings. The lowest BCUT2D eigenvalue weighted by atomic mass is 10.00. The van der Waals surface area contributed by atoms with E-state index in [-0.39, 0.29) is 12.1 Å². The van der Waals surface area contributed by atoms with E-state index in [1.165, 1.54) is 11.3 Å². The summed E-state index contributed by atoms with van der Waals surface area (Å²) < 4.78 is 0. The smallest absolute Gasteiger partial charge is 0.321 e. The quantitative estimate of drug-likeness (QED) is 0.772. The van der Waals surface area contributed by atoms with Gasteiger partial charge in [-0.15, -0.1) is 10.2 Å². The summed E-state index contributed by atoms with van der Waals surface area (Å²) in [7, 11) is 0. The maximum absolute atomic E-state index is 12.3. The molecule has 2 amide bonds. The van der Waals surface area contributed by atoms with E-state index in [0.717, 1.165) is 16.1 Å². The molecule has 0 saturated heterocycles. The van der Waals surface area contributed by atoms with Crippen LogP contribution in [-0.4, -0.2) is 21.2 Å². The Labute approximate surface area is 137 Å². The van der Waals surface area contributed by atoms with Gasteiger partial charge in [-0.2, -0.15) is 0 Å². The summed E-state index contributed by atoms with van der Waals surface area (Å²) >= 11 is 1.33. The van der Waals surface area contributed by atoms with Gasteiger partial charge in [-0.05, 0) is 30.2 Å². The highest BCUT2D eigenvalue weighted by Crippen LogP contribution is 2.22. The number of hydrogen-bond acceptors (Lipinski definition) is 5. The van der Waals surface area contributed by atoms with Gasteiger partial charge in [0.1, 0.15) is 5.01 Å². The zero-order chi connectivity index (χ0) is 16.1. The van der Waals surface area contributed by atoms with Gasteiger partial charge in [0.2, 0.25) is 5.13 Å². The lowest BCUT2D eigenvalue weighted by Crippen LogP contribution is -2.33. The van der Waals surface area contributed by atoms with E-state index in [2.05, 4.69) is 25.8 Å². The number of hydrogen-bond donors (Lipinski definition) is 2. The zero-order valence-corrected chi connectivity index (χ0v) is 13.2. The lowest BCUT2D eigenvalue weighted by Gasteiger charge is -2.19. The van der Waals surface area contributed by atoms with Gasteiger partial charge >= 0.3 is 6.03 Å². The molecule has 2 N–H and O–H groups in total.